The molecule has 0 bridgehead atoms. The molecule has 2 aromatic carbocycles. The van der Waals surface area contributed by atoms with Crippen molar-refractivity contribution in [3.05, 3.63) is 71.9 Å². The minimum Gasteiger partial charge on any atom is -0.480 e. The highest BCUT2D eigenvalue weighted by molar-refractivity contribution is 5.86. The normalized spacial score (nSPS) is 14.0. The summed E-state index contributed by atoms with van der Waals surface area (Å²) in [7, 11) is 0. The Morgan fingerprint density at radius 1 is 1.05 bits per heavy atom. The molecule has 1 heterocycles. The molecule has 0 aliphatic heterocycles. The van der Waals surface area contributed by atoms with Crippen LogP contribution in [0.3, 0.4) is 0 Å². The van der Waals surface area contributed by atoms with Gasteiger partial charge in [-0.05, 0) is 17.2 Å². The Morgan fingerprint density at radius 2 is 1.71 bits per heavy atom. The fourth-order valence-electron chi connectivity index (χ4n) is 2.73. The number of benzene rings is 2. The van der Waals surface area contributed by atoms with Gasteiger partial charge in [-0.1, -0.05) is 48.5 Å². The van der Waals surface area contributed by atoms with Crippen molar-refractivity contribution in [1.82, 2.24) is 4.98 Å². The Kier molecular flexibility index (Phi) is 3.46. The van der Waals surface area contributed by atoms with E-state index in [0.717, 1.165) is 22.0 Å². The van der Waals surface area contributed by atoms with Gasteiger partial charge in [-0.3, -0.25) is 4.79 Å². The lowest BCUT2D eigenvalue weighted by molar-refractivity contribution is -0.138. The molecule has 0 unspecified atom stereocenters. The van der Waals surface area contributed by atoms with Gasteiger partial charge in [0.25, 0.3) is 0 Å². The first-order chi connectivity index (χ1) is 10.2. The van der Waals surface area contributed by atoms with E-state index in [1.54, 1.807) is 0 Å². The number of hydrogen-bond donors (Lipinski definition) is 3. The van der Waals surface area contributed by atoms with Crippen LogP contribution in [0.5, 0.6) is 0 Å². The summed E-state index contributed by atoms with van der Waals surface area (Å²) < 4.78 is 0. The first kappa shape index (κ1) is 13.4. The van der Waals surface area contributed by atoms with E-state index in [1.165, 1.54) is 0 Å². The molecule has 0 spiro atoms. The second-order valence-electron chi connectivity index (χ2n) is 5.04. The molecule has 4 heteroatoms. The fraction of sp³-hybridized carbons (Fsp3) is 0.118. The summed E-state index contributed by atoms with van der Waals surface area (Å²) in [5.41, 5.74) is 8.75. The van der Waals surface area contributed by atoms with Crippen LogP contribution < -0.4 is 5.73 Å². The number of carbonyl (C=O) groups is 1. The number of aromatic amines is 1. The Bertz CT molecular complexity index is 765. The third-order valence-corrected chi connectivity index (χ3v) is 3.76. The van der Waals surface area contributed by atoms with Crippen molar-refractivity contribution in [1.29, 1.82) is 0 Å². The first-order valence-electron chi connectivity index (χ1n) is 6.78. The molecule has 0 saturated carbocycles. The maximum atomic E-state index is 11.4. The van der Waals surface area contributed by atoms with Crippen LogP contribution in [0.15, 0.2) is 60.8 Å². The molecule has 0 amide bonds. The number of hydrogen-bond acceptors (Lipinski definition) is 2. The van der Waals surface area contributed by atoms with Gasteiger partial charge in [0.05, 0.1) is 0 Å². The van der Waals surface area contributed by atoms with Crippen LogP contribution in [0.25, 0.3) is 10.9 Å². The Morgan fingerprint density at radius 3 is 2.43 bits per heavy atom. The molecule has 0 aliphatic carbocycles. The van der Waals surface area contributed by atoms with Crippen LogP contribution in [0, 0.1) is 0 Å². The highest BCUT2D eigenvalue weighted by Gasteiger charge is 2.29. The molecular formula is C17H16N2O2. The third-order valence-electron chi connectivity index (χ3n) is 3.76. The molecule has 106 valence electrons. The van der Waals surface area contributed by atoms with Crippen molar-refractivity contribution in [3.63, 3.8) is 0 Å². The number of rotatable bonds is 4. The monoisotopic (exact) mass is 280 g/mol. The van der Waals surface area contributed by atoms with Crippen LogP contribution in [-0.4, -0.2) is 22.1 Å². The zero-order chi connectivity index (χ0) is 14.8. The van der Waals surface area contributed by atoms with Gasteiger partial charge in [-0.25, -0.2) is 0 Å². The van der Waals surface area contributed by atoms with E-state index in [9.17, 15) is 9.90 Å². The van der Waals surface area contributed by atoms with Crippen molar-refractivity contribution in [2.75, 3.05) is 0 Å². The minimum atomic E-state index is -1.01. The summed E-state index contributed by atoms with van der Waals surface area (Å²) >= 11 is 0. The lowest BCUT2D eigenvalue weighted by atomic mass is 9.85. The molecule has 0 saturated heterocycles. The number of nitrogens with one attached hydrogen (secondary N) is 1. The molecule has 21 heavy (non-hydrogen) atoms. The largest absolute Gasteiger partial charge is 0.480 e. The number of aliphatic carboxylic acids is 1. The van der Waals surface area contributed by atoms with Gasteiger partial charge in [0.2, 0.25) is 0 Å². The number of H-pyrrole nitrogens is 1. The van der Waals surface area contributed by atoms with Crippen molar-refractivity contribution >= 4 is 16.9 Å². The van der Waals surface area contributed by atoms with Crippen molar-refractivity contribution in [3.8, 4) is 0 Å². The zero-order valence-electron chi connectivity index (χ0n) is 11.4. The molecule has 4 N–H and O–H groups in total. The Labute approximate surface area is 122 Å². The van der Waals surface area contributed by atoms with Gasteiger partial charge in [0.1, 0.15) is 6.04 Å². The van der Waals surface area contributed by atoms with Gasteiger partial charge < -0.3 is 15.8 Å². The van der Waals surface area contributed by atoms with Gasteiger partial charge in [0, 0.05) is 23.0 Å². The van der Waals surface area contributed by atoms with Crippen molar-refractivity contribution in [2.45, 2.75) is 12.0 Å². The van der Waals surface area contributed by atoms with E-state index in [2.05, 4.69) is 4.98 Å². The minimum absolute atomic E-state index is 0.389. The summed E-state index contributed by atoms with van der Waals surface area (Å²) in [4.78, 5) is 14.6. The Balaban J connectivity index is 2.18. The topological polar surface area (TPSA) is 79.1 Å². The van der Waals surface area contributed by atoms with Gasteiger partial charge in [0.15, 0.2) is 0 Å². The van der Waals surface area contributed by atoms with Gasteiger partial charge >= 0.3 is 5.97 Å². The van der Waals surface area contributed by atoms with Gasteiger partial charge in [-0.15, -0.1) is 0 Å². The van der Waals surface area contributed by atoms with E-state index in [1.807, 2.05) is 60.8 Å². The molecule has 2 atom stereocenters. The van der Waals surface area contributed by atoms with E-state index >= 15 is 0 Å². The van der Waals surface area contributed by atoms with Crippen LogP contribution in [0.1, 0.15) is 17.0 Å². The number of carboxylic acid groups (broad SMARTS) is 1. The first-order valence-corrected chi connectivity index (χ1v) is 6.78. The van der Waals surface area contributed by atoms with Crippen molar-refractivity contribution in [2.24, 2.45) is 5.73 Å². The molecule has 1 aromatic heterocycles. The number of carboxylic acids is 1. The summed E-state index contributed by atoms with van der Waals surface area (Å²) in [6, 6.07) is 16.3. The smallest absolute Gasteiger partial charge is 0.321 e. The average Bonchev–Trinajstić information content (AvgIpc) is 2.93. The maximum Gasteiger partial charge on any atom is 0.321 e. The van der Waals surface area contributed by atoms with Crippen LogP contribution in [0.4, 0.5) is 0 Å². The summed E-state index contributed by atoms with van der Waals surface area (Å²) in [6.45, 7) is 0. The average molecular weight is 280 g/mol. The molecule has 0 radical (unpaired) electrons. The summed E-state index contributed by atoms with van der Waals surface area (Å²) in [5, 5.41) is 10.4. The lowest BCUT2D eigenvalue weighted by Crippen LogP contribution is -2.37. The fourth-order valence-corrected chi connectivity index (χ4v) is 2.73. The van der Waals surface area contributed by atoms with Crippen molar-refractivity contribution < 1.29 is 9.90 Å². The van der Waals surface area contributed by atoms with Crippen LogP contribution in [-0.2, 0) is 4.79 Å². The SMILES string of the molecule is N[C@@H](C(=O)O)[C@H](c1ccccc1)c1c[nH]c2ccccc12. The third kappa shape index (κ3) is 2.41. The highest BCUT2D eigenvalue weighted by atomic mass is 16.4. The molecule has 0 fully saturated rings. The maximum absolute atomic E-state index is 11.4. The quantitative estimate of drug-likeness (QED) is 0.687. The summed E-state index contributed by atoms with van der Waals surface area (Å²) in [5.74, 6) is -1.39. The molecular weight excluding hydrogens is 264 g/mol. The standard InChI is InChI=1S/C17H16N2O2/c18-16(17(20)21)15(11-6-2-1-3-7-11)13-10-19-14-9-5-4-8-12(13)14/h1-10,15-16,19H,18H2,(H,20,21)/t15-,16-/m1/s1. The number of fused-ring (bicyclic) bond motifs is 1. The van der Waals surface area contributed by atoms with E-state index in [-0.39, 0.29) is 5.92 Å². The highest BCUT2D eigenvalue weighted by Crippen LogP contribution is 2.32. The van der Waals surface area contributed by atoms with Crippen LogP contribution >= 0.6 is 0 Å². The second-order valence-corrected chi connectivity index (χ2v) is 5.04. The predicted molar refractivity (Wildman–Crippen MR) is 82.2 cm³/mol. The number of nitrogens with two attached hydrogens (primary N) is 1. The number of para-hydroxylation sites is 1. The lowest BCUT2D eigenvalue weighted by Gasteiger charge is -2.21. The zero-order valence-corrected chi connectivity index (χ0v) is 11.4. The molecule has 3 rings (SSSR count). The van der Waals surface area contributed by atoms with Gasteiger partial charge in [-0.2, -0.15) is 0 Å². The predicted octanol–water partition coefficient (Wildman–Crippen LogP) is 2.71. The second kappa shape index (κ2) is 5.42. The van der Waals surface area contributed by atoms with Crippen LogP contribution in [0.2, 0.25) is 0 Å². The van der Waals surface area contributed by atoms with E-state index < -0.39 is 12.0 Å². The molecule has 4 nitrogen and oxygen atoms in total. The van der Waals surface area contributed by atoms with E-state index in [4.69, 9.17) is 5.73 Å². The summed E-state index contributed by atoms with van der Waals surface area (Å²) in [6.07, 6.45) is 1.85. The molecule has 0 aliphatic rings. The number of aromatic nitrogens is 1. The Hall–Kier alpha value is -2.59. The van der Waals surface area contributed by atoms with E-state index in [0.29, 0.717) is 0 Å². The molecule has 3 aromatic rings.